The zero-order valence-electron chi connectivity index (χ0n) is 16.5. The van der Waals surface area contributed by atoms with Gasteiger partial charge in [0, 0.05) is 35.1 Å². The van der Waals surface area contributed by atoms with Crippen LogP contribution in [0.25, 0.3) is 0 Å². The molecule has 2 rings (SSSR count). The number of esters is 2. The summed E-state index contributed by atoms with van der Waals surface area (Å²) in [6.45, 7) is -0.627. The molecule has 30 heavy (non-hydrogen) atoms. The lowest BCUT2D eigenvalue weighted by Gasteiger charge is -2.11. The highest BCUT2D eigenvalue weighted by Crippen LogP contribution is 2.17. The average molecular weight is 412 g/mol. The molecule has 2 aromatic rings. The van der Waals surface area contributed by atoms with Crippen LogP contribution in [0.15, 0.2) is 48.5 Å². The zero-order chi connectivity index (χ0) is 21.9. The third-order valence-corrected chi connectivity index (χ3v) is 4.33. The van der Waals surface area contributed by atoms with Crippen LogP contribution in [0.4, 0.5) is 0 Å². The normalized spacial score (nSPS) is 10.3. The second-order valence-electron chi connectivity index (χ2n) is 6.39. The van der Waals surface area contributed by atoms with Gasteiger partial charge in [0.25, 0.3) is 0 Å². The Morgan fingerprint density at radius 2 is 1.00 bits per heavy atom. The molecule has 0 spiro atoms. The number of hydrogen-bond donors (Lipinski definition) is 2. The number of rotatable bonds is 11. The van der Waals surface area contributed by atoms with Crippen LogP contribution in [-0.4, -0.2) is 36.6 Å². The molecule has 0 aliphatic heterocycles. The van der Waals surface area contributed by atoms with Crippen LogP contribution in [0.1, 0.15) is 44.7 Å². The summed E-state index contributed by atoms with van der Waals surface area (Å²) in [5.41, 5.74) is 12.3. The molecule has 0 fully saturated rings. The van der Waals surface area contributed by atoms with E-state index in [0.29, 0.717) is 22.3 Å². The van der Waals surface area contributed by atoms with E-state index >= 15 is 0 Å². The predicted molar refractivity (Wildman–Crippen MR) is 108 cm³/mol. The Morgan fingerprint density at radius 3 is 1.37 bits per heavy atom. The Bertz CT molecular complexity index is 850. The zero-order valence-corrected chi connectivity index (χ0v) is 16.5. The number of Topliss-reactive ketones (excluding diaryl/α,β-unsaturated/α-hetero) is 2. The molecular formula is C22H24N2O6. The molecule has 0 aromatic heterocycles. The molecule has 2 aromatic carbocycles. The minimum atomic E-state index is -0.570. The number of carbonyl (C=O) groups excluding carboxylic acids is 4. The molecule has 0 unspecified atom stereocenters. The number of hydrogen-bond acceptors (Lipinski definition) is 8. The van der Waals surface area contributed by atoms with E-state index in [1.54, 1.807) is 48.5 Å². The van der Waals surface area contributed by atoms with Gasteiger partial charge in [0.15, 0.2) is 11.6 Å². The maximum absolute atomic E-state index is 12.7. The molecule has 4 N–H and O–H groups in total. The molecule has 0 aliphatic rings. The quantitative estimate of drug-likeness (QED) is 0.418. The van der Waals surface area contributed by atoms with Crippen LogP contribution in [0.2, 0.25) is 0 Å². The molecule has 0 bridgehead atoms. The molecule has 158 valence electrons. The summed E-state index contributed by atoms with van der Waals surface area (Å²) < 4.78 is 10.0. The number of nitrogens with two attached hydrogens (primary N) is 2. The fourth-order valence-electron chi connectivity index (χ4n) is 2.77. The van der Waals surface area contributed by atoms with Crippen molar-refractivity contribution in [2.45, 2.75) is 26.1 Å². The van der Waals surface area contributed by atoms with Crippen molar-refractivity contribution in [2.24, 2.45) is 11.5 Å². The van der Waals surface area contributed by atoms with Crippen LogP contribution in [0.5, 0.6) is 0 Å². The van der Waals surface area contributed by atoms with E-state index in [2.05, 4.69) is 0 Å². The standard InChI is InChI=1S/C22H24N2O6/c23-11-21(27)29-13-15-5-1-3-7-17(15)19(25)9-10-20(26)18-8-4-2-6-16(18)14-30-22(28)12-24/h1-8H,9-14,23-24H2. The molecule has 0 aliphatic carbocycles. The number of carbonyl (C=O) groups is 4. The van der Waals surface area contributed by atoms with Gasteiger partial charge in [-0.1, -0.05) is 48.5 Å². The highest BCUT2D eigenvalue weighted by molar-refractivity contribution is 6.03. The lowest BCUT2D eigenvalue weighted by molar-refractivity contribution is -0.144. The van der Waals surface area contributed by atoms with Crippen molar-refractivity contribution in [1.82, 2.24) is 0 Å². The fourth-order valence-corrected chi connectivity index (χ4v) is 2.77. The maximum Gasteiger partial charge on any atom is 0.320 e. The Kier molecular flexibility index (Phi) is 8.86. The van der Waals surface area contributed by atoms with Gasteiger partial charge in [0.2, 0.25) is 0 Å². The van der Waals surface area contributed by atoms with E-state index in [0.717, 1.165) is 0 Å². The second-order valence-corrected chi connectivity index (χ2v) is 6.39. The van der Waals surface area contributed by atoms with Crippen LogP contribution in [-0.2, 0) is 32.3 Å². The minimum Gasteiger partial charge on any atom is -0.460 e. The number of benzene rings is 2. The largest absolute Gasteiger partial charge is 0.460 e. The lowest BCUT2D eigenvalue weighted by Crippen LogP contribution is -2.18. The van der Waals surface area contributed by atoms with Gasteiger partial charge < -0.3 is 20.9 Å². The minimum absolute atomic E-state index is 0.0163. The van der Waals surface area contributed by atoms with Gasteiger partial charge in [-0.25, -0.2) is 0 Å². The topological polar surface area (TPSA) is 139 Å². The molecule has 8 nitrogen and oxygen atoms in total. The first kappa shape index (κ1) is 22.9. The molecular weight excluding hydrogens is 388 g/mol. The first-order valence-electron chi connectivity index (χ1n) is 9.39. The van der Waals surface area contributed by atoms with Gasteiger partial charge in [-0.15, -0.1) is 0 Å². The van der Waals surface area contributed by atoms with Crippen LogP contribution in [0, 0.1) is 0 Å². The summed E-state index contributed by atoms with van der Waals surface area (Å²) in [4.78, 5) is 47.8. The highest BCUT2D eigenvalue weighted by atomic mass is 16.5. The summed E-state index contributed by atoms with van der Waals surface area (Å²) >= 11 is 0. The Morgan fingerprint density at radius 1 is 0.633 bits per heavy atom. The van der Waals surface area contributed by atoms with Crippen molar-refractivity contribution in [3.63, 3.8) is 0 Å². The van der Waals surface area contributed by atoms with E-state index in [1.807, 2.05) is 0 Å². The maximum atomic E-state index is 12.7. The van der Waals surface area contributed by atoms with Crippen LogP contribution in [0.3, 0.4) is 0 Å². The van der Waals surface area contributed by atoms with Crippen molar-refractivity contribution in [3.05, 3.63) is 70.8 Å². The van der Waals surface area contributed by atoms with Crippen LogP contribution < -0.4 is 11.5 Å². The van der Waals surface area contributed by atoms with Gasteiger partial charge in [-0.2, -0.15) is 0 Å². The van der Waals surface area contributed by atoms with Crippen molar-refractivity contribution >= 4 is 23.5 Å². The van der Waals surface area contributed by atoms with Gasteiger partial charge in [-0.05, 0) is 0 Å². The fraction of sp³-hybridized carbons (Fsp3) is 0.273. The SMILES string of the molecule is NCC(=O)OCc1ccccc1C(=O)CCC(=O)c1ccccc1COC(=O)CN. The average Bonchev–Trinajstić information content (AvgIpc) is 2.79. The summed E-state index contributed by atoms with van der Waals surface area (Å²) in [5.74, 6) is -1.62. The van der Waals surface area contributed by atoms with E-state index in [9.17, 15) is 19.2 Å². The van der Waals surface area contributed by atoms with Crippen molar-refractivity contribution in [1.29, 1.82) is 0 Å². The Balaban J connectivity index is 2.03. The predicted octanol–water partition coefficient (Wildman–Crippen LogP) is 1.54. The molecule has 0 heterocycles. The smallest absolute Gasteiger partial charge is 0.320 e. The molecule has 0 amide bonds. The summed E-state index contributed by atoms with van der Waals surface area (Å²) in [5, 5.41) is 0. The second kappa shape index (κ2) is 11.6. The van der Waals surface area contributed by atoms with Crippen molar-refractivity contribution in [3.8, 4) is 0 Å². The van der Waals surface area contributed by atoms with Gasteiger partial charge >= 0.3 is 11.9 Å². The molecule has 0 saturated heterocycles. The Labute approximate surface area is 174 Å². The third-order valence-electron chi connectivity index (χ3n) is 4.33. The molecule has 0 atom stereocenters. The van der Waals surface area contributed by atoms with Gasteiger partial charge in [0.05, 0.1) is 13.1 Å². The van der Waals surface area contributed by atoms with E-state index in [4.69, 9.17) is 20.9 Å². The van der Waals surface area contributed by atoms with Gasteiger partial charge in [-0.3, -0.25) is 19.2 Å². The number of ketones is 2. The summed E-state index contributed by atoms with van der Waals surface area (Å²) in [7, 11) is 0. The van der Waals surface area contributed by atoms with E-state index in [1.165, 1.54) is 0 Å². The third kappa shape index (κ3) is 6.61. The molecule has 0 radical (unpaired) electrons. The van der Waals surface area contributed by atoms with E-state index < -0.39 is 11.9 Å². The monoisotopic (exact) mass is 412 g/mol. The Hall–Kier alpha value is -3.36. The highest BCUT2D eigenvalue weighted by Gasteiger charge is 2.17. The van der Waals surface area contributed by atoms with Crippen molar-refractivity contribution in [2.75, 3.05) is 13.1 Å². The van der Waals surface area contributed by atoms with Gasteiger partial charge in [0.1, 0.15) is 13.2 Å². The molecule has 0 saturated carbocycles. The first-order valence-corrected chi connectivity index (χ1v) is 9.39. The first-order chi connectivity index (χ1) is 14.5. The van der Waals surface area contributed by atoms with Crippen molar-refractivity contribution < 1.29 is 28.7 Å². The summed E-state index contributed by atoms with van der Waals surface area (Å²) in [6.07, 6.45) is -0.0325. The van der Waals surface area contributed by atoms with E-state index in [-0.39, 0.29) is 50.7 Å². The molecule has 8 heteroatoms. The van der Waals surface area contributed by atoms with Crippen LogP contribution >= 0.6 is 0 Å². The summed E-state index contributed by atoms with van der Waals surface area (Å²) in [6, 6.07) is 13.5. The number of ether oxygens (including phenoxy) is 2. The lowest BCUT2D eigenvalue weighted by atomic mass is 9.96.